The molecule has 0 spiro atoms. The van der Waals surface area contributed by atoms with Crippen LogP contribution in [0.3, 0.4) is 0 Å². The van der Waals surface area contributed by atoms with E-state index < -0.39 is 0 Å². The van der Waals surface area contributed by atoms with Gasteiger partial charge in [0.05, 0.1) is 6.61 Å². The lowest BCUT2D eigenvalue weighted by Crippen LogP contribution is -2.20. The molecule has 0 fully saturated rings. The number of hydrogen-bond acceptors (Lipinski definition) is 3. The summed E-state index contributed by atoms with van der Waals surface area (Å²) in [4.78, 5) is 0. The first kappa shape index (κ1) is 11.2. The van der Waals surface area contributed by atoms with Crippen LogP contribution in [-0.4, -0.2) is 26.4 Å². The Bertz CT molecular complexity index is 293. The Morgan fingerprint density at radius 3 is 2.93 bits per heavy atom. The van der Waals surface area contributed by atoms with Crippen LogP contribution in [0.2, 0.25) is 0 Å². The number of halogens is 1. The summed E-state index contributed by atoms with van der Waals surface area (Å²) in [5, 5.41) is 8.96. The molecule has 1 rings (SSSR count). The van der Waals surface area contributed by atoms with Crippen LogP contribution < -0.4 is 5.46 Å². The summed E-state index contributed by atoms with van der Waals surface area (Å²) in [6, 6.07) is 4.20. The van der Waals surface area contributed by atoms with Crippen LogP contribution >= 0.6 is 0 Å². The lowest BCUT2D eigenvalue weighted by Gasteiger charge is -2.07. The third-order valence-electron chi connectivity index (χ3n) is 1.80. The van der Waals surface area contributed by atoms with Gasteiger partial charge in [-0.25, -0.2) is 4.39 Å². The largest absolute Gasteiger partial charge is 0.449 e. The number of benzene rings is 1. The van der Waals surface area contributed by atoms with E-state index in [0.29, 0.717) is 11.0 Å². The normalized spacial score (nSPS) is 10.2. The van der Waals surface area contributed by atoms with Crippen molar-refractivity contribution in [3.63, 3.8) is 0 Å². The van der Waals surface area contributed by atoms with E-state index >= 15 is 0 Å². The van der Waals surface area contributed by atoms with Gasteiger partial charge in [0, 0.05) is 7.11 Å². The Hall–Kier alpha value is -0.905. The summed E-state index contributed by atoms with van der Waals surface area (Å²) >= 11 is 0. The van der Waals surface area contributed by atoms with Crippen LogP contribution in [0.25, 0.3) is 0 Å². The summed E-state index contributed by atoms with van der Waals surface area (Å²) in [5.74, 6) is -0.335. The van der Waals surface area contributed by atoms with E-state index in [1.807, 2.05) is 0 Å². The fourth-order valence-corrected chi connectivity index (χ4v) is 1.12. The smallest absolute Gasteiger partial charge is 0.305 e. The molecular weight excluding hydrogens is 186 g/mol. The van der Waals surface area contributed by atoms with Crippen molar-refractivity contribution >= 4 is 12.9 Å². The maximum absolute atomic E-state index is 12.8. The molecule has 76 valence electrons. The molecule has 1 aromatic rings. The molecule has 0 aliphatic heterocycles. The predicted molar refractivity (Wildman–Crippen MR) is 52.1 cm³/mol. The van der Waals surface area contributed by atoms with Crippen molar-refractivity contribution in [1.82, 2.24) is 0 Å². The van der Waals surface area contributed by atoms with E-state index in [9.17, 15) is 4.39 Å². The monoisotopic (exact) mass is 198 g/mol. The standard InChI is InChI=1S/C9H12BFO3/c1-13-6-14-5-7-4-8(11)2-3-9(7)10-12/h2-4,10,12H,5-6H2,1H3. The van der Waals surface area contributed by atoms with Gasteiger partial charge in [-0.05, 0) is 23.2 Å². The molecular formula is C9H12BFO3. The molecule has 5 heteroatoms. The average Bonchev–Trinajstić information content (AvgIpc) is 2.19. The Morgan fingerprint density at radius 2 is 2.29 bits per heavy atom. The van der Waals surface area contributed by atoms with Gasteiger partial charge in [0.25, 0.3) is 0 Å². The van der Waals surface area contributed by atoms with E-state index in [1.54, 1.807) is 6.07 Å². The quantitative estimate of drug-likeness (QED) is 0.408. The summed E-state index contributed by atoms with van der Waals surface area (Å²) in [6.45, 7) is 0.392. The minimum Gasteiger partial charge on any atom is -0.449 e. The van der Waals surface area contributed by atoms with Crippen LogP contribution in [0.1, 0.15) is 5.56 Å². The molecule has 0 heterocycles. The first-order valence-electron chi connectivity index (χ1n) is 4.22. The molecule has 0 bridgehead atoms. The molecule has 14 heavy (non-hydrogen) atoms. The highest BCUT2D eigenvalue weighted by Gasteiger charge is 2.04. The maximum atomic E-state index is 12.8. The lowest BCUT2D eigenvalue weighted by molar-refractivity contribution is -0.0389. The fraction of sp³-hybridized carbons (Fsp3) is 0.333. The summed E-state index contributed by atoms with van der Waals surface area (Å²) in [6.07, 6.45) is 0. The Balaban J connectivity index is 2.67. The van der Waals surface area contributed by atoms with Crippen LogP contribution in [0.5, 0.6) is 0 Å². The van der Waals surface area contributed by atoms with Crippen molar-refractivity contribution in [3.05, 3.63) is 29.6 Å². The zero-order chi connectivity index (χ0) is 10.4. The fourth-order valence-electron chi connectivity index (χ4n) is 1.12. The SMILES string of the molecule is COCOCc1cc(F)ccc1BO. The van der Waals surface area contributed by atoms with Gasteiger partial charge >= 0.3 is 7.48 Å². The second-order valence-electron chi connectivity index (χ2n) is 2.83. The van der Waals surface area contributed by atoms with Crippen LogP contribution in [-0.2, 0) is 16.1 Å². The summed E-state index contributed by atoms with van der Waals surface area (Å²) in [7, 11) is 1.39. The molecule has 0 amide bonds. The second-order valence-corrected chi connectivity index (χ2v) is 2.83. The first-order valence-corrected chi connectivity index (χ1v) is 4.22. The van der Waals surface area contributed by atoms with Gasteiger partial charge in [-0.15, -0.1) is 0 Å². The van der Waals surface area contributed by atoms with Gasteiger partial charge in [0.2, 0.25) is 0 Å². The van der Waals surface area contributed by atoms with Crippen LogP contribution in [0, 0.1) is 5.82 Å². The van der Waals surface area contributed by atoms with E-state index in [0.717, 1.165) is 0 Å². The van der Waals surface area contributed by atoms with Crippen molar-refractivity contribution in [2.45, 2.75) is 6.61 Å². The third-order valence-corrected chi connectivity index (χ3v) is 1.80. The molecule has 0 radical (unpaired) electrons. The third kappa shape index (κ3) is 3.10. The molecule has 0 saturated heterocycles. The van der Waals surface area contributed by atoms with E-state index in [-0.39, 0.29) is 26.7 Å². The van der Waals surface area contributed by atoms with Gasteiger partial charge in [0.1, 0.15) is 12.6 Å². The van der Waals surface area contributed by atoms with Gasteiger partial charge < -0.3 is 14.5 Å². The number of rotatable bonds is 5. The number of ether oxygens (including phenoxy) is 2. The van der Waals surface area contributed by atoms with Gasteiger partial charge in [-0.3, -0.25) is 0 Å². The van der Waals surface area contributed by atoms with Gasteiger partial charge in [0.15, 0.2) is 0 Å². The first-order chi connectivity index (χ1) is 6.77. The van der Waals surface area contributed by atoms with E-state index in [2.05, 4.69) is 4.74 Å². The average molecular weight is 198 g/mol. The van der Waals surface area contributed by atoms with Crippen molar-refractivity contribution in [2.75, 3.05) is 13.9 Å². The van der Waals surface area contributed by atoms with Crippen molar-refractivity contribution in [2.24, 2.45) is 0 Å². The van der Waals surface area contributed by atoms with Crippen molar-refractivity contribution in [3.8, 4) is 0 Å². The molecule has 0 aliphatic carbocycles. The zero-order valence-corrected chi connectivity index (χ0v) is 8.00. The highest BCUT2D eigenvalue weighted by Crippen LogP contribution is 2.02. The zero-order valence-electron chi connectivity index (χ0n) is 8.00. The summed E-state index contributed by atoms with van der Waals surface area (Å²) < 4.78 is 22.6. The minimum atomic E-state index is -0.335. The maximum Gasteiger partial charge on any atom is 0.305 e. The molecule has 1 aromatic carbocycles. The highest BCUT2D eigenvalue weighted by molar-refractivity contribution is 6.46. The predicted octanol–water partition coefficient (Wildman–Crippen LogP) is -0.0847. The van der Waals surface area contributed by atoms with Crippen molar-refractivity contribution in [1.29, 1.82) is 0 Å². The molecule has 0 saturated carbocycles. The Morgan fingerprint density at radius 1 is 1.50 bits per heavy atom. The molecule has 1 N–H and O–H groups in total. The second kappa shape index (κ2) is 5.75. The van der Waals surface area contributed by atoms with Crippen molar-refractivity contribution < 1.29 is 18.9 Å². The summed E-state index contributed by atoms with van der Waals surface area (Å²) in [5.41, 5.74) is 1.31. The van der Waals surface area contributed by atoms with Gasteiger partial charge in [-0.2, -0.15) is 0 Å². The highest BCUT2D eigenvalue weighted by atomic mass is 19.1. The molecule has 0 unspecified atom stereocenters. The van der Waals surface area contributed by atoms with Gasteiger partial charge in [-0.1, -0.05) is 6.07 Å². The van der Waals surface area contributed by atoms with Crippen LogP contribution in [0.4, 0.5) is 4.39 Å². The Kier molecular flexibility index (Phi) is 4.59. The van der Waals surface area contributed by atoms with E-state index in [4.69, 9.17) is 9.76 Å². The van der Waals surface area contributed by atoms with E-state index in [1.165, 1.54) is 19.2 Å². The molecule has 0 aliphatic rings. The number of methoxy groups -OCH3 is 1. The van der Waals surface area contributed by atoms with Crippen LogP contribution in [0.15, 0.2) is 18.2 Å². The molecule has 0 aromatic heterocycles. The minimum absolute atomic E-state index is 0.119. The molecule has 0 atom stereocenters. The topological polar surface area (TPSA) is 38.7 Å². The molecule has 3 nitrogen and oxygen atoms in total. The Labute approximate surface area is 82.7 Å². The number of hydrogen-bond donors (Lipinski definition) is 1. The lowest BCUT2D eigenvalue weighted by atomic mass is 9.84.